The number of hydrogen-bond acceptors (Lipinski definition) is 4. The zero-order chi connectivity index (χ0) is 19.8. The highest BCUT2D eigenvalue weighted by molar-refractivity contribution is 5.96. The minimum atomic E-state index is -0.596. The number of rotatable bonds is 8. The first-order valence-corrected chi connectivity index (χ1v) is 9.32. The van der Waals surface area contributed by atoms with Crippen LogP contribution in [0.25, 0.3) is 0 Å². The smallest absolute Gasteiger partial charge is 0.338 e. The van der Waals surface area contributed by atoms with E-state index < -0.39 is 6.10 Å². The van der Waals surface area contributed by atoms with E-state index in [1.54, 1.807) is 25.1 Å². The number of nitrogens with one attached hydrogen (secondary N) is 1. The molecule has 0 bridgehead atoms. The van der Waals surface area contributed by atoms with Crippen molar-refractivity contribution in [2.75, 3.05) is 11.9 Å². The minimum Gasteiger partial charge on any atom is -0.481 e. The summed E-state index contributed by atoms with van der Waals surface area (Å²) in [7, 11) is 0. The van der Waals surface area contributed by atoms with Crippen molar-refractivity contribution in [1.82, 2.24) is 0 Å². The molecule has 27 heavy (non-hydrogen) atoms. The van der Waals surface area contributed by atoms with Crippen molar-refractivity contribution in [2.24, 2.45) is 0 Å². The molecule has 5 nitrogen and oxygen atoms in total. The monoisotopic (exact) mass is 369 g/mol. The molecule has 0 aromatic heterocycles. The Hall–Kier alpha value is -2.82. The second-order valence-electron chi connectivity index (χ2n) is 6.25. The van der Waals surface area contributed by atoms with Crippen LogP contribution in [0.2, 0.25) is 0 Å². The summed E-state index contributed by atoms with van der Waals surface area (Å²) >= 11 is 0. The third-order valence-electron chi connectivity index (χ3n) is 4.27. The molecule has 0 saturated heterocycles. The molecule has 0 aliphatic rings. The Morgan fingerprint density at radius 2 is 1.74 bits per heavy atom. The normalized spacial score (nSPS) is 11.6. The van der Waals surface area contributed by atoms with E-state index in [2.05, 4.69) is 12.2 Å². The number of benzene rings is 2. The summed E-state index contributed by atoms with van der Waals surface area (Å²) in [5, 5.41) is 2.89. The van der Waals surface area contributed by atoms with E-state index in [0.717, 1.165) is 12.0 Å². The van der Waals surface area contributed by atoms with E-state index in [1.165, 1.54) is 5.56 Å². The summed E-state index contributed by atoms with van der Waals surface area (Å²) < 4.78 is 10.8. The van der Waals surface area contributed by atoms with Crippen LogP contribution in [0.5, 0.6) is 5.75 Å². The highest BCUT2D eigenvalue weighted by Gasteiger charge is 2.19. The second kappa shape index (κ2) is 9.76. The van der Waals surface area contributed by atoms with E-state index >= 15 is 0 Å². The summed E-state index contributed by atoms with van der Waals surface area (Å²) in [5.74, 6) is 0.0800. The standard InChI is InChI=1S/C22H27NO4/c1-5-16-8-11-18(12-9-16)27-20(6-2)21(24)23-19-13-10-17(14-15(19)4)22(25)26-7-3/h8-14,20H,5-7H2,1-4H3,(H,23,24). The van der Waals surface area contributed by atoms with Gasteiger partial charge in [0.1, 0.15) is 5.75 Å². The molecule has 2 aromatic rings. The lowest BCUT2D eigenvalue weighted by Gasteiger charge is -2.18. The molecule has 0 radical (unpaired) electrons. The molecule has 1 unspecified atom stereocenters. The second-order valence-corrected chi connectivity index (χ2v) is 6.25. The summed E-state index contributed by atoms with van der Waals surface area (Å²) in [6, 6.07) is 12.8. The Bertz CT molecular complexity index is 783. The van der Waals surface area contributed by atoms with Crippen molar-refractivity contribution in [1.29, 1.82) is 0 Å². The fraction of sp³-hybridized carbons (Fsp3) is 0.364. The SMILES string of the molecule is CCOC(=O)c1ccc(NC(=O)C(CC)Oc2ccc(CC)cc2)c(C)c1. The number of anilines is 1. The van der Waals surface area contributed by atoms with Gasteiger partial charge in [-0.2, -0.15) is 0 Å². The third-order valence-corrected chi connectivity index (χ3v) is 4.27. The number of esters is 1. The van der Waals surface area contributed by atoms with Crippen LogP contribution in [0.3, 0.4) is 0 Å². The van der Waals surface area contributed by atoms with Crippen molar-refractivity contribution in [3.63, 3.8) is 0 Å². The lowest BCUT2D eigenvalue weighted by atomic mass is 10.1. The van der Waals surface area contributed by atoms with Gasteiger partial charge in [-0.05, 0) is 68.1 Å². The lowest BCUT2D eigenvalue weighted by molar-refractivity contribution is -0.122. The fourth-order valence-electron chi connectivity index (χ4n) is 2.65. The third kappa shape index (κ3) is 5.58. The highest BCUT2D eigenvalue weighted by Crippen LogP contribution is 2.20. The van der Waals surface area contributed by atoms with Gasteiger partial charge in [-0.1, -0.05) is 26.0 Å². The maximum atomic E-state index is 12.6. The molecule has 2 aromatic carbocycles. The van der Waals surface area contributed by atoms with E-state index in [9.17, 15) is 9.59 Å². The molecule has 0 spiro atoms. The van der Waals surface area contributed by atoms with Crippen LogP contribution in [-0.2, 0) is 16.0 Å². The zero-order valence-electron chi connectivity index (χ0n) is 16.4. The van der Waals surface area contributed by atoms with Gasteiger partial charge in [-0.25, -0.2) is 4.79 Å². The van der Waals surface area contributed by atoms with Crippen molar-refractivity contribution in [3.05, 3.63) is 59.2 Å². The zero-order valence-corrected chi connectivity index (χ0v) is 16.4. The Kier molecular flexibility index (Phi) is 7.41. The predicted octanol–water partition coefficient (Wildman–Crippen LogP) is 4.53. The maximum Gasteiger partial charge on any atom is 0.338 e. The molecule has 1 atom stereocenters. The average molecular weight is 369 g/mol. The highest BCUT2D eigenvalue weighted by atomic mass is 16.5. The first-order valence-electron chi connectivity index (χ1n) is 9.32. The molecule has 0 fully saturated rings. The first-order chi connectivity index (χ1) is 13.0. The molecule has 144 valence electrons. The van der Waals surface area contributed by atoms with Gasteiger partial charge in [0, 0.05) is 5.69 Å². The number of hydrogen-bond donors (Lipinski definition) is 1. The fourth-order valence-corrected chi connectivity index (χ4v) is 2.65. The van der Waals surface area contributed by atoms with Crippen molar-refractivity contribution in [3.8, 4) is 5.75 Å². The van der Waals surface area contributed by atoms with Gasteiger partial charge in [0.15, 0.2) is 6.10 Å². The molecule has 1 amide bonds. The van der Waals surface area contributed by atoms with Crippen LogP contribution in [0.15, 0.2) is 42.5 Å². The average Bonchev–Trinajstić information content (AvgIpc) is 2.68. The Balaban J connectivity index is 2.06. The Morgan fingerprint density at radius 3 is 2.30 bits per heavy atom. The van der Waals surface area contributed by atoms with Crippen LogP contribution in [0, 0.1) is 6.92 Å². The van der Waals surface area contributed by atoms with E-state index in [1.807, 2.05) is 38.1 Å². The summed E-state index contributed by atoms with van der Waals surface area (Å²) in [6.45, 7) is 7.92. The summed E-state index contributed by atoms with van der Waals surface area (Å²) in [6.07, 6.45) is 0.905. The van der Waals surface area contributed by atoms with Gasteiger partial charge in [0.05, 0.1) is 12.2 Å². The van der Waals surface area contributed by atoms with Crippen LogP contribution in [0.1, 0.15) is 48.7 Å². The van der Waals surface area contributed by atoms with Crippen molar-refractivity contribution in [2.45, 2.75) is 46.6 Å². The Morgan fingerprint density at radius 1 is 1.04 bits per heavy atom. The van der Waals surface area contributed by atoms with Gasteiger partial charge >= 0.3 is 5.97 Å². The van der Waals surface area contributed by atoms with Crippen molar-refractivity contribution < 1.29 is 19.1 Å². The van der Waals surface area contributed by atoms with Gasteiger partial charge < -0.3 is 14.8 Å². The van der Waals surface area contributed by atoms with E-state index in [0.29, 0.717) is 30.0 Å². The molecule has 2 rings (SSSR count). The van der Waals surface area contributed by atoms with Gasteiger partial charge in [-0.15, -0.1) is 0 Å². The first kappa shape index (κ1) is 20.5. The molecule has 5 heteroatoms. The molecule has 0 saturated carbocycles. The van der Waals surface area contributed by atoms with E-state index in [-0.39, 0.29) is 11.9 Å². The quantitative estimate of drug-likeness (QED) is 0.694. The van der Waals surface area contributed by atoms with Crippen molar-refractivity contribution >= 4 is 17.6 Å². The molecule has 0 aliphatic heterocycles. The predicted molar refractivity (Wildman–Crippen MR) is 106 cm³/mol. The largest absolute Gasteiger partial charge is 0.481 e. The van der Waals surface area contributed by atoms with Crippen LogP contribution in [0.4, 0.5) is 5.69 Å². The van der Waals surface area contributed by atoms with Crippen LogP contribution >= 0.6 is 0 Å². The summed E-state index contributed by atoms with van der Waals surface area (Å²) in [5.41, 5.74) is 3.12. The summed E-state index contributed by atoms with van der Waals surface area (Å²) in [4.78, 5) is 24.4. The molecule has 0 heterocycles. The van der Waals surface area contributed by atoms with E-state index in [4.69, 9.17) is 9.47 Å². The number of carbonyl (C=O) groups is 2. The molecular formula is C22H27NO4. The minimum absolute atomic E-state index is 0.218. The number of ether oxygens (including phenoxy) is 2. The maximum absolute atomic E-state index is 12.6. The number of aryl methyl sites for hydroxylation is 2. The van der Waals surface area contributed by atoms with Gasteiger partial charge in [0.25, 0.3) is 5.91 Å². The Labute approximate surface area is 160 Å². The molecular weight excluding hydrogens is 342 g/mol. The van der Waals surface area contributed by atoms with Crippen LogP contribution in [-0.4, -0.2) is 24.6 Å². The topological polar surface area (TPSA) is 64.6 Å². The number of amides is 1. The van der Waals surface area contributed by atoms with Gasteiger partial charge in [0.2, 0.25) is 0 Å². The van der Waals surface area contributed by atoms with Crippen LogP contribution < -0.4 is 10.1 Å². The molecule has 1 N–H and O–H groups in total. The molecule has 0 aliphatic carbocycles. The lowest BCUT2D eigenvalue weighted by Crippen LogP contribution is -2.32. The van der Waals surface area contributed by atoms with Gasteiger partial charge in [-0.3, -0.25) is 4.79 Å². The number of carbonyl (C=O) groups excluding carboxylic acids is 2.